The van der Waals surface area contributed by atoms with Crippen LogP contribution in [-0.4, -0.2) is 13.9 Å². The Morgan fingerprint density at radius 3 is 2.09 bits per heavy atom. The van der Waals surface area contributed by atoms with Crippen LogP contribution < -0.4 is 30.1 Å². The van der Waals surface area contributed by atoms with E-state index in [1.165, 1.54) is 44.8 Å². The van der Waals surface area contributed by atoms with Crippen LogP contribution in [0.4, 0.5) is 0 Å². The summed E-state index contributed by atoms with van der Waals surface area (Å²) in [6, 6.07) is 0. The van der Waals surface area contributed by atoms with E-state index in [0.717, 1.165) is 12.2 Å². The van der Waals surface area contributed by atoms with Gasteiger partial charge in [-0.15, -0.1) is 0 Å². The van der Waals surface area contributed by atoms with Gasteiger partial charge in [-0.05, 0) is 0 Å². The molecule has 1 aliphatic rings. The Morgan fingerprint density at radius 1 is 1.23 bits per heavy atom. The Kier molecular flexibility index (Phi) is 10.2. The van der Waals surface area contributed by atoms with E-state index in [2.05, 4.69) is 65.7 Å². The van der Waals surface area contributed by atoms with Gasteiger partial charge in [0.1, 0.15) is 0 Å². The SMILES string of the molecule is CCC(C)=C1C=C(O[Si](C)(C)C)C(NC(C)(C)C)=[C]1[Zr+2].[Cl-].[Cl-]. The molecule has 0 atom stereocenters. The minimum atomic E-state index is -1.60. The summed E-state index contributed by atoms with van der Waals surface area (Å²) in [5, 5.41) is 3.65. The minimum Gasteiger partial charge on any atom is -1.00 e. The molecule has 0 spiro atoms. The van der Waals surface area contributed by atoms with Gasteiger partial charge >= 0.3 is 141 Å². The van der Waals surface area contributed by atoms with E-state index in [1.54, 1.807) is 0 Å². The van der Waals surface area contributed by atoms with Crippen LogP contribution in [0.25, 0.3) is 0 Å². The van der Waals surface area contributed by atoms with Crippen molar-refractivity contribution in [3.8, 4) is 0 Å². The van der Waals surface area contributed by atoms with E-state index in [9.17, 15) is 0 Å². The molecule has 0 saturated heterocycles. The van der Waals surface area contributed by atoms with E-state index in [0.29, 0.717) is 0 Å². The van der Waals surface area contributed by atoms with Gasteiger partial charge in [-0.3, -0.25) is 0 Å². The van der Waals surface area contributed by atoms with Crippen LogP contribution in [0.2, 0.25) is 19.6 Å². The fourth-order valence-corrected chi connectivity index (χ4v) is 3.95. The maximum absolute atomic E-state index is 6.31. The molecule has 0 amide bonds. The maximum Gasteiger partial charge on any atom is -1.00 e. The predicted molar refractivity (Wildman–Crippen MR) is 85.4 cm³/mol. The fourth-order valence-electron chi connectivity index (χ4n) is 1.97. The molecule has 0 aromatic carbocycles. The van der Waals surface area contributed by atoms with Gasteiger partial charge in [0.05, 0.1) is 0 Å². The first kappa shape index (κ1) is 24.7. The van der Waals surface area contributed by atoms with Gasteiger partial charge in [0.15, 0.2) is 0 Å². The predicted octanol–water partition coefficient (Wildman–Crippen LogP) is -1.38. The Morgan fingerprint density at radius 2 is 1.73 bits per heavy atom. The summed E-state index contributed by atoms with van der Waals surface area (Å²) < 4.78 is 7.71. The number of hydrogen-bond donors (Lipinski definition) is 1. The first-order valence-corrected chi connectivity index (χ1v) is 11.9. The van der Waals surface area contributed by atoms with Crippen LogP contribution in [0.5, 0.6) is 0 Å². The molecule has 22 heavy (non-hydrogen) atoms. The van der Waals surface area contributed by atoms with E-state index >= 15 is 0 Å². The Balaban J connectivity index is 0. The second-order valence-corrected chi connectivity index (χ2v) is 13.1. The molecule has 2 nitrogen and oxygen atoms in total. The zero-order chi connectivity index (χ0) is 15.7. The summed E-state index contributed by atoms with van der Waals surface area (Å²) >= 11 is 1.44. The minimum absolute atomic E-state index is 0. The summed E-state index contributed by atoms with van der Waals surface area (Å²) in [4.78, 5) is 0. The second kappa shape index (κ2) is 9.11. The van der Waals surface area contributed by atoms with Crippen molar-refractivity contribution in [2.45, 2.75) is 66.2 Å². The van der Waals surface area contributed by atoms with Crippen LogP contribution in [0.1, 0.15) is 41.0 Å². The molecule has 125 valence electrons. The largest absolute Gasteiger partial charge is 1.00 e. The van der Waals surface area contributed by atoms with Gasteiger partial charge in [-0.25, -0.2) is 0 Å². The third-order valence-corrected chi connectivity index (χ3v) is 5.06. The molecule has 0 aromatic heterocycles. The van der Waals surface area contributed by atoms with Gasteiger partial charge in [0.25, 0.3) is 0 Å². The third kappa shape index (κ3) is 7.38. The molecule has 1 N–H and O–H groups in total. The molecule has 0 heterocycles. The van der Waals surface area contributed by atoms with E-state index in [-0.39, 0.29) is 30.4 Å². The van der Waals surface area contributed by atoms with E-state index in [4.69, 9.17) is 4.43 Å². The smallest absolute Gasteiger partial charge is 1.00 e. The van der Waals surface area contributed by atoms with Crippen LogP contribution in [-0.2, 0) is 29.1 Å². The number of halogens is 2. The summed E-state index contributed by atoms with van der Waals surface area (Å²) in [7, 11) is -1.60. The molecular weight excluding hydrogens is 412 g/mol. The van der Waals surface area contributed by atoms with Gasteiger partial charge in [0, 0.05) is 0 Å². The number of rotatable bonds is 4. The molecule has 0 saturated carbocycles. The van der Waals surface area contributed by atoms with Gasteiger partial charge in [-0.1, -0.05) is 0 Å². The van der Waals surface area contributed by atoms with Crippen molar-refractivity contribution in [3.05, 3.63) is 32.0 Å². The van der Waals surface area contributed by atoms with Crippen LogP contribution in [0.3, 0.4) is 0 Å². The quantitative estimate of drug-likeness (QED) is 0.544. The van der Waals surface area contributed by atoms with Gasteiger partial charge in [-0.2, -0.15) is 0 Å². The molecule has 0 aromatic rings. The topological polar surface area (TPSA) is 21.3 Å². The Hall–Kier alpha value is 0.500. The Labute approximate surface area is 165 Å². The summed E-state index contributed by atoms with van der Waals surface area (Å²) in [6.45, 7) is 17.7. The van der Waals surface area contributed by atoms with Crippen LogP contribution in [0.15, 0.2) is 32.0 Å². The van der Waals surface area contributed by atoms with Crippen molar-refractivity contribution >= 4 is 8.32 Å². The van der Waals surface area contributed by atoms with Crippen molar-refractivity contribution in [2.24, 2.45) is 0 Å². The van der Waals surface area contributed by atoms with Crippen LogP contribution >= 0.6 is 0 Å². The number of hydrogen-bond acceptors (Lipinski definition) is 2. The fraction of sp³-hybridized carbons (Fsp3) is 0.625. The molecule has 1 rings (SSSR count). The maximum atomic E-state index is 6.31. The average Bonchev–Trinajstić information content (AvgIpc) is 2.52. The van der Waals surface area contributed by atoms with E-state index < -0.39 is 8.32 Å². The summed E-state index contributed by atoms with van der Waals surface area (Å²) in [6.07, 6.45) is 3.34. The van der Waals surface area contributed by atoms with Gasteiger partial charge in [0.2, 0.25) is 0 Å². The monoisotopic (exact) mass is 438 g/mol. The van der Waals surface area contributed by atoms with Gasteiger partial charge < -0.3 is 24.8 Å². The van der Waals surface area contributed by atoms with Crippen molar-refractivity contribution in [1.29, 1.82) is 0 Å². The standard InChI is InChI=1S/C16H28NOSi.2ClH.Zr/c1-9-12(2)13-10-14(17-16(3,4)5)15(11-13)18-19(6,7)8;;;/h11,17H,9H2,1-8H3;2*1H;/q;;;+2/p-2. The van der Waals surface area contributed by atoms with Crippen molar-refractivity contribution in [3.63, 3.8) is 0 Å². The molecule has 0 unspecified atom stereocenters. The number of nitrogens with one attached hydrogen (secondary N) is 1. The average molecular weight is 441 g/mol. The molecular formula is C16H28Cl2NOSiZr. The molecule has 6 heteroatoms. The summed E-state index contributed by atoms with van der Waals surface area (Å²) in [5.41, 5.74) is 4.08. The van der Waals surface area contributed by atoms with Crippen molar-refractivity contribution in [2.75, 3.05) is 0 Å². The Bertz CT molecular complexity index is 485. The van der Waals surface area contributed by atoms with E-state index in [1.807, 2.05) is 0 Å². The first-order chi connectivity index (χ1) is 8.94. The zero-order valence-corrected chi connectivity index (χ0v) is 19.9. The molecule has 0 fully saturated rings. The second-order valence-electron chi connectivity index (χ2n) is 7.40. The molecule has 0 aliphatic heterocycles. The molecule has 0 bridgehead atoms. The molecule has 0 radical (unpaired) electrons. The zero-order valence-electron chi connectivity index (χ0n) is 14.9. The van der Waals surface area contributed by atoms with Crippen LogP contribution in [0, 0.1) is 0 Å². The summed E-state index contributed by atoms with van der Waals surface area (Å²) in [5.74, 6) is 1.05. The number of allylic oxidation sites excluding steroid dienone is 4. The first-order valence-electron chi connectivity index (χ1n) is 7.30. The molecule has 1 aliphatic carbocycles. The third-order valence-electron chi connectivity index (χ3n) is 2.95. The normalized spacial score (nSPS) is 17.5. The van der Waals surface area contributed by atoms with Crippen molar-refractivity contribution < 1.29 is 54.0 Å². The van der Waals surface area contributed by atoms with Crippen molar-refractivity contribution in [1.82, 2.24) is 5.32 Å².